The first kappa shape index (κ1) is 12.6. The number of amides is 2. The van der Waals surface area contributed by atoms with Crippen LogP contribution in [0.15, 0.2) is 48.5 Å². The minimum absolute atomic E-state index is 0.0939. The third-order valence-corrected chi connectivity index (χ3v) is 2.37. The van der Waals surface area contributed by atoms with Gasteiger partial charge in [0.1, 0.15) is 5.82 Å². The summed E-state index contributed by atoms with van der Waals surface area (Å²) in [5.74, 6) is -0.511. The van der Waals surface area contributed by atoms with Gasteiger partial charge in [-0.15, -0.1) is 0 Å². The maximum absolute atomic E-state index is 13.3. The van der Waals surface area contributed by atoms with E-state index in [2.05, 4.69) is 10.6 Å². The van der Waals surface area contributed by atoms with Gasteiger partial charge in [0.25, 0.3) is 0 Å². The molecular formula is C14H10FN3O. The summed E-state index contributed by atoms with van der Waals surface area (Å²) in [6.45, 7) is 0. The predicted molar refractivity (Wildman–Crippen MR) is 70.2 cm³/mol. The Labute approximate surface area is 109 Å². The third-order valence-electron chi connectivity index (χ3n) is 2.37. The number of nitrogens with one attached hydrogen (secondary N) is 2. The molecule has 0 aliphatic rings. The molecule has 2 aromatic rings. The third kappa shape index (κ3) is 3.30. The van der Waals surface area contributed by atoms with Gasteiger partial charge >= 0.3 is 6.03 Å². The molecule has 2 N–H and O–H groups in total. The van der Waals surface area contributed by atoms with Crippen molar-refractivity contribution in [2.45, 2.75) is 0 Å². The van der Waals surface area contributed by atoms with Gasteiger partial charge in [-0.2, -0.15) is 5.26 Å². The monoisotopic (exact) mass is 255 g/mol. The molecule has 2 aromatic carbocycles. The van der Waals surface area contributed by atoms with Crippen LogP contribution >= 0.6 is 0 Å². The zero-order valence-electron chi connectivity index (χ0n) is 9.85. The van der Waals surface area contributed by atoms with Crippen molar-refractivity contribution in [2.75, 3.05) is 10.6 Å². The van der Waals surface area contributed by atoms with Crippen LogP contribution < -0.4 is 10.6 Å². The van der Waals surface area contributed by atoms with Crippen molar-refractivity contribution in [3.63, 3.8) is 0 Å². The van der Waals surface area contributed by atoms with Crippen LogP contribution in [0, 0.1) is 17.1 Å². The largest absolute Gasteiger partial charge is 0.323 e. The summed E-state index contributed by atoms with van der Waals surface area (Å²) in [6.07, 6.45) is 0. The maximum Gasteiger partial charge on any atom is 0.323 e. The Morgan fingerprint density at radius 3 is 2.63 bits per heavy atom. The SMILES string of the molecule is N#Cc1cccc(NC(=O)Nc2ccccc2F)c1. The molecule has 0 bridgehead atoms. The molecule has 0 aliphatic heterocycles. The molecule has 2 amide bonds. The van der Waals surface area contributed by atoms with Crippen molar-refractivity contribution in [3.05, 3.63) is 59.9 Å². The van der Waals surface area contributed by atoms with Gasteiger partial charge in [-0.05, 0) is 30.3 Å². The van der Waals surface area contributed by atoms with Gasteiger partial charge in [0.15, 0.2) is 0 Å². The standard InChI is InChI=1S/C14H10FN3O/c15-12-6-1-2-7-13(12)18-14(19)17-11-5-3-4-10(8-11)9-16/h1-8H,(H2,17,18,19). The Hall–Kier alpha value is -2.87. The highest BCUT2D eigenvalue weighted by molar-refractivity contribution is 5.99. The fraction of sp³-hybridized carbons (Fsp3) is 0. The average molecular weight is 255 g/mol. The Balaban J connectivity index is 2.06. The average Bonchev–Trinajstić information content (AvgIpc) is 2.41. The van der Waals surface area contributed by atoms with Gasteiger partial charge < -0.3 is 10.6 Å². The number of anilines is 2. The van der Waals surface area contributed by atoms with E-state index >= 15 is 0 Å². The molecule has 0 aromatic heterocycles. The molecule has 0 heterocycles. The molecule has 0 aliphatic carbocycles. The molecule has 2 rings (SSSR count). The van der Waals surface area contributed by atoms with Gasteiger partial charge in [-0.25, -0.2) is 9.18 Å². The van der Waals surface area contributed by atoms with Crippen molar-refractivity contribution in [2.24, 2.45) is 0 Å². The Bertz CT molecular complexity index is 649. The van der Waals surface area contributed by atoms with E-state index < -0.39 is 11.8 Å². The minimum Gasteiger partial charge on any atom is -0.308 e. The lowest BCUT2D eigenvalue weighted by Gasteiger charge is -2.08. The van der Waals surface area contributed by atoms with Crippen LogP contribution in [0.1, 0.15) is 5.56 Å². The number of hydrogen-bond donors (Lipinski definition) is 2. The summed E-state index contributed by atoms with van der Waals surface area (Å²) < 4.78 is 13.3. The topological polar surface area (TPSA) is 64.9 Å². The van der Waals surface area contributed by atoms with Crippen LogP contribution in [-0.2, 0) is 0 Å². The normalized spacial score (nSPS) is 9.47. The number of halogens is 1. The van der Waals surface area contributed by atoms with Gasteiger partial charge in [0, 0.05) is 5.69 Å². The summed E-state index contributed by atoms with van der Waals surface area (Å²) >= 11 is 0. The van der Waals surface area contributed by atoms with E-state index in [0.29, 0.717) is 11.3 Å². The second-order valence-electron chi connectivity index (χ2n) is 3.75. The molecule has 0 fully saturated rings. The van der Waals surface area contributed by atoms with Crippen LogP contribution in [0.2, 0.25) is 0 Å². The van der Waals surface area contributed by atoms with E-state index in [9.17, 15) is 9.18 Å². The predicted octanol–water partition coefficient (Wildman–Crippen LogP) is 3.34. The Morgan fingerprint density at radius 2 is 1.89 bits per heavy atom. The van der Waals surface area contributed by atoms with E-state index in [4.69, 9.17) is 5.26 Å². The quantitative estimate of drug-likeness (QED) is 0.864. The summed E-state index contributed by atoms with van der Waals surface area (Å²) in [5.41, 5.74) is 0.994. The summed E-state index contributed by atoms with van der Waals surface area (Å²) in [5, 5.41) is 13.7. The zero-order valence-corrected chi connectivity index (χ0v) is 9.85. The van der Waals surface area contributed by atoms with Crippen molar-refractivity contribution < 1.29 is 9.18 Å². The van der Waals surface area contributed by atoms with Crippen molar-refractivity contribution in [1.29, 1.82) is 5.26 Å². The first-order chi connectivity index (χ1) is 9.19. The van der Waals surface area contributed by atoms with E-state index in [1.54, 1.807) is 24.3 Å². The van der Waals surface area contributed by atoms with E-state index in [1.807, 2.05) is 6.07 Å². The maximum atomic E-state index is 13.3. The number of hydrogen-bond acceptors (Lipinski definition) is 2. The van der Waals surface area contributed by atoms with Crippen LogP contribution in [-0.4, -0.2) is 6.03 Å². The molecule has 0 radical (unpaired) electrons. The van der Waals surface area contributed by atoms with Crippen molar-refractivity contribution in [1.82, 2.24) is 0 Å². The first-order valence-electron chi connectivity index (χ1n) is 5.52. The number of nitrogens with zero attached hydrogens (tertiary/aromatic N) is 1. The van der Waals surface area contributed by atoms with Crippen LogP contribution in [0.25, 0.3) is 0 Å². The molecule has 5 heteroatoms. The molecule has 0 spiro atoms. The zero-order chi connectivity index (χ0) is 13.7. The fourth-order valence-electron chi connectivity index (χ4n) is 1.51. The minimum atomic E-state index is -0.569. The molecule has 19 heavy (non-hydrogen) atoms. The van der Waals surface area contributed by atoms with Gasteiger partial charge in [-0.1, -0.05) is 18.2 Å². The summed E-state index contributed by atoms with van der Waals surface area (Å²) in [4.78, 5) is 11.7. The van der Waals surface area contributed by atoms with Crippen molar-refractivity contribution in [3.8, 4) is 6.07 Å². The van der Waals surface area contributed by atoms with Crippen molar-refractivity contribution >= 4 is 17.4 Å². The second-order valence-corrected chi connectivity index (χ2v) is 3.75. The lowest BCUT2D eigenvalue weighted by Crippen LogP contribution is -2.20. The number of carbonyl (C=O) groups is 1. The first-order valence-corrected chi connectivity index (χ1v) is 5.52. The van der Waals surface area contributed by atoms with Crippen LogP contribution in [0.3, 0.4) is 0 Å². The smallest absolute Gasteiger partial charge is 0.308 e. The highest BCUT2D eigenvalue weighted by Gasteiger charge is 2.06. The number of carbonyl (C=O) groups excluding carboxylic acids is 1. The molecule has 0 unspecified atom stereocenters. The van der Waals surface area contributed by atoms with E-state index in [1.165, 1.54) is 24.3 Å². The number of para-hydroxylation sites is 1. The highest BCUT2D eigenvalue weighted by atomic mass is 19.1. The fourth-order valence-corrected chi connectivity index (χ4v) is 1.51. The molecule has 0 saturated heterocycles. The van der Waals surface area contributed by atoms with Crippen LogP contribution in [0.5, 0.6) is 0 Å². The summed E-state index contributed by atoms with van der Waals surface area (Å²) in [7, 11) is 0. The summed E-state index contributed by atoms with van der Waals surface area (Å²) in [6, 6.07) is 13.7. The lowest BCUT2D eigenvalue weighted by molar-refractivity contribution is 0.262. The molecule has 0 atom stereocenters. The number of benzene rings is 2. The lowest BCUT2D eigenvalue weighted by atomic mass is 10.2. The molecule has 4 nitrogen and oxygen atoms in total. The second kappa shape index (κ2) is 5.65. The number of rotatable bonds is 2. The number of nitriles is 1. The number of urea groups is 1. The molecule has 94 valence electrons. The van der Waals surface area contributed by atoms with Gasteiger partial charge in [0.05, 0.1) is 17.3 Å². The van der Waals surface area contributed by atoms with Gasteiger partial charge in [0.2, 0.25) is 0 Å². The molecule has 0 saturated carbocycles. The van der Waals surface area contributed by atoms with Crippen LogP contribution in [0.4, 0.5) is 20.6 Å². The Morgan fingerprint density at radius 1 is 1.11 bits per heavy atom. The highest BCUT2D eigenvalue weighted by Crippen LogP contribution is 2.14. The van der Waals surface area contributed by atoms with E-state index in [0.717, 1.165) is 0 Å². The molecular weight excluding hydrogens is 245 g/mol. The Kier molecular flexibility index (Phi) is 3.74. The van der Waals surface area contributed by atoms with Gasteiger partial charge in [-0.3, -0.25) is 0 Å². The van der Waals surface area contributed by atoms with E-state index in [-0.39, 0.29) is 5.69 Å².